The molecule has 1 heterocycles. The number of nitrogens with zero attached hydrogens (tertiary/aromatic N) is 3. The van der Waals surface area contributed by atoms with Crippen LogP contribution in [0.2, 0.25) is 0 Å². The summed E-state index contributed by atoms with van der Waals surface area (Å²) in [5.74, 6) is 2.37. The van der Waals surface area contributed by atoms with Gasteiger partial charge in [-0.2, -0.15) is 5.10 Å². The first kappa shape index (κ1) is 23.5. The molecule has 3 rings (SSSR count). The minimum absolute atomic E-state index is 0. The number of methoxy groups -OCH3 is 1. The zero-order valence-corrected chi connectivity index (χ0v) is 19.6. The van der Waals surface area contributed by atoms with Gasteiger partial charge in [-0.25, -0.2) is 9.67 Å². The highest BCUT2D eigenvalue weighted by molar-refractivity contribution is 14.0. The Morgan fingerprint density at radius 3 is 2.47 bits per heavy atom. The molecule has 2 N–H and O–H groups in total. The fourth-order valence-corrected chi connectivity index (χ4v) is 2.69. The van der Waals surface area contributed by atoms with Crippen molar-refractivity contribution in [2.75, 3.05) is 26.8 Å². The summed E-state index contributed by atoms with van der Waals surface area (Å²) in [7, 11) is 1.65. The SMILES string of the molecule is CCNC(=NCc1cnn(-c2ccccc2)c1)NCCOc1ccc(OC)cc1.I. The van der Waals surface area contributed by atoms with E-state index in [4.69, 9.17) is 9.47 Å². The van der Waals surface area contributed by atoms with Crippen LogP contribution in [0.4, 0.5) is 0 Å². The molecule has 0 radical (unpaired) electrons. The molecule has 1 aromatic heterocycles. The summed E-state index contributed by atoms with van der Waals surface area (Å²) in [6.45, 7) is 4.54. The van der Waals surface area contributed by atoms with Gasteiger partial charge in [0.05, 0.1) is 32.1 Å². The molecule has 0 atom stereocenters. The number of halogens is 1. The van der Waals surface area contributed by atoms with E-state index in [-0.39, 0.29) is 24.0 Å². The maximum absolute atomic E-state index is 5.73. The molecule has 0 aliphatic rings. The minimum atomic E-state index is 0. The van der Waals surface area contributed by atoms with Crippen molar-refractivity contribution >= 4 is 29.9 Å². The molecular formula is C22H28IN5O2. The Balaban J connectivity index is 0.00000320. The summed E-state index contributed by atoms with van der Waals surface area (Å²) < 4.78 is 12.7. The Labute approximate surface area is 194 Å². The number of benzene rings is 2. The highest BCUT2D eigenvalue weighted by Gasteiger charge is 2.02. The first-order valence-electron chi connectivity index (χ1n) is 9.66. The van der Waals surface area contributed by atoms with Crippen molar-refractivity contribution in [3.63, 3.8) is 0 Å². The number of aliphatic imine (C=N–C) groups is 1. The zero-order chi connectivity index (χ0) is 20.3. The smallest absolute Gasteiger partial charge is 0.191 e. The first-order valence-corrected chi connectivity index (χ1v) is 9.66. The van der Waals surface area contributed by atoms with E-state index in [0.717, 1.165) is 35.3 Å². The second kappa shape index (κ2) is 12.7. The number of guanidine groups is 1. The molecule has 0 saturated carbocycles. The van der Waals surface area contributed by atoms with E-state index in [1.165, 1.54) is 0 Å². The van der Waals surface area contributed by atoms with E-state index in [1.54, 1.807) is 7.11 Å². The third-order valence-corrected chi connectivity index (χ3v) is 4.14. The molecule has 0 fully saturated rings. The third-order valence-electron chi connectivity index (χ3n) is 4.14. The normalized spacial score (nSPS) is 10.8. The van der Waals surface area contributed by atoms with Gasteiger partial charge in [-0.05, 0) is 43.3 Å². The van der Waals surface area contributed by atoms with Gasteiger partial charge in [0.2, 0.25) is 0 Å². The molecule has 0 aliphatic heterocycles. The molecule has 160 valence electrons. The second-order valence-electron chi connectivity index (χ2n) is 6.27. The lowest BCUT2D eigenvalue weighted by Gasteiger charge is -2.12. The van der Waals surface area contributed by atoms with E-state index in [0.29, 0.717) is 19.7 Å². The number of para-hydroxylation sites is 1. The second-order valence-corrected chi connectivity index (χ2v) is 6.27. The lowest BCUT2D eigenvalue weighted by molar-refractivity contribution is 0.321. The van der Waals surface area contributed by atoms with Crippen LogP contribution >= 0.6 is 24.0 Å². The van der Waals surface area contributed by atoms with Gasteiger partial charge < -0.3 is 20.1 Å². The molecule has 0 unspecified atom stereocenters. The van der Waals surface area contributed by atoms with Crippen LogP contribution in [0.1, 0.15) is 12.5 Å². The Kier molecular flexibility index (Phi) is 9.99. The van der Waals surface area contributed by atoms with E-state index in [2.05, 4.69) is 20.7 Å². The average molecular weight is 521 g/mol. The number of ether oxygens (including phenoxy) is 2. The quantitative estimate of drug-likeness (QED) is 0.195. The van der Waals surface area contributed by atoms with Crippen molar-refractivity contribution in [3.05, 3.63) is 72.6 Å². The summed E-state index contributed by atoms with van der Waals surface area (Å²) in [5.41, 5.74) is 2.07. The lowest BCUT2D eigenvalue weighted by Crippen LogP contribution is -2.39. The van der Waals surface area contributed by atoms with E-state index >= 15 is 0 Å². The summed E-state index contributed by atoms with van der Waals surface area (Å²) in [6, 6.07) is 17.6. The number of hydrogen-bond donors (Lipinski definition) is 2. The van der Waals surface area contributed by atoms with Crippen molar-refractivity contribution in [2.45, 2.75) is 13.5 Å². The molecule has 0 spiro atoms. The predicted octanol–water partition coefficient (Wildman–Crippen LogP) is 3.63. The Morgan fingerprint density at radius 1 is 1.03 bits per heavy atom. The van der Waals surface area contributed by atoms with Crippen LogP contribution in [0, 0.1) is 0 Å². The fraction of sp³-hybridized carbons (Fsp3) is 0.273. The van der Waals surface area contributed by atoms with Crippen LogP contribution in [-0.4, -0.2) is 42.5 Å². The molecule has 0 aliphatic carbocycles. The van der Waals surface area contributed by atoms with Crippen LogP contribution < -0.4 is 20.1 Å². The predicted molar refractivity (Wildman–Crippen MR) is 130 cm³/mol. The summed E-state index contributed by atoms with van der Waals surface area (Å²) in [6.07, 6.45) is 3.84. The van der Waals surface area contributed by atoms with Gasteiger partial charge in [0.1, 0.15) is 18.1 Å². The molecule has 0 saturated heterocycles. The average Bonchev–Trinajstić information content (AvgIpc) is 3.25. The fourth-order valence-electron chi connectivity index (χ4n) is 2.69. The molecule has 0 bridgehead atoms. The summed E-state index contributed by atoms with van der Waals surface area (Å²) in [4.78, 5) is 4.63. The largest absolute Gasteiger partial charge is 0.497 e. The van der Waals surface area contributed by atoms with Gasteiger partial charge in [-0.1, -0.05) is 18.2 Å². The highest BCUT2D eigenvalue weighted by Crippen LogP contribution is 2.16. The van der Waals surface area contributed by atoms with Crippen LogP contribution in [-0.2, 0) is 6.54 Å². The van der Waals surface area contributed by atoms with Crippen molar-refractivity contribution in [1.82, 2.24) is 20.4 Å². The Morgan fingerprint density at radius 2 is 1.77 bits per heavy atom. The van der Waals surface area contributed by atoms with E-state index < -0.39 is 0 Å². The van der Waals surface area contributed by atoms with Crippen LogP contribution in [0.25, 0.3) is 5.69 Å². The monoisotopic (exact) mass is 521 g/mol. The van der Waals surface area contributed by atoms with Gasteiger partial charge >= 0.3 is 0 Å². The molecule has 8 heteroatoms. The first-order chi connectivity index (χ1) is 14.3. The molecule has 0 amide bonds. The van der Waals surface area contributed by atoms with Gasteiger partial charge in [0.25, 0.3) is 0 Å². The third kappa shape index (κ3) is 7.25. The maximum atomic E-state index is 5.73. The van der Waals surface area contributed by atoms with Gasteiger partial charge in [-0.3, -0.25) is 0 Å². The topological polar surface area (TPSA) is 72.7 Å². The van der Waals surface area contributed by atoms with Gasteiger partial charge in [-0.15, -0.1) is 24.0 Å². The molecular weight excluding hydrogens is 493 g/mol. The van der Waals surface area contributed by atoms with E-state index in [1.807, 2.05) is 78.6 Å². The number of hydrogen-bond acceptors (Lipinski definition) is 4. The van der Waals surface area contributed by atoms with Crippen LogP contribution in [0.15, 0.2) is 72.0 Å². The van der Waals surface area contributed by atoms with Crippen LogP contribution in [0.3, 0.4) is 0 Å². The minimum Gasteiger partial charge on any atom is -0.497 e. The number of nitrogens with one attached hydrogen (secondary N) is 2. The number of aromatic nitrogens is 2. The van der Waals surface area contributed by atoms with Crippen molar-refractivity contribution < 1.29 is 9.47 Å². The Bertz CT molecular complexity index is 897. The molecule has 7 nitrogen and oxygen atoms in total. The van der Waals surface area contributed by atoms with Crippen molar-refractivity contribution in [1.29, 1.82) is 0 Å². The zero-order valence-electron chi connectivity index (χ0n) is 17.2. The molecule has 3 aromatic rings. The van der Waals surface area contributed by atoms with Crippen molar-refractivity contribution in [3.8, 4) is 17.2 Å². The van der Waals surface area contributed by atoms with Crippen molar-refractivity contribution in [2.24, 2.45) is 4.99 Å². The number of rotatable bonds is 9. The van der Waals surface area contributed by atoms with E-state index in [9.17, 15) is 0 Å². The standard InChI is InChI=1S/C22H27N5O2.HI/c1-3-23-22(24-13-14-29-21-11-9-20(28-2)10-12-21)25-15-18-16-26-27(17-18)19-7-5-4-6-8-19;/h4-12,16-17H,3,13-15H2,1-2H3,(H2,23,24,25);1H. The summed E-state index contributed by atoms with van der Waals surface area (Å²) in [5, 5.41) is 10.9. The van der Waals surface area contributed by atoms with Gasteiger partial charge in [0.15, 0.2) is 5.96 Å². The molecule has 30 heavy (non-hydrogen) atoms. The maximum Gasteiger partial charge on any atom is 0.191 e. The van der Waals surface area contributed by atoms with Gasteiger partial charge in [0, 0.05) is 18.3 Å². The Hall–Kier alpha value is -2.75. The molecule has 2 aromatic carbocycles. The summed E-state index contributed by atoms with van der Waals surface area (Å²) >= 11 is 0. The van der Waals surface area contributed by atoms with Crippen LogP contribution in [0.5, 0.6) is 11.5 Å². The highest BCUT2D eigenvalue weighted by atomic mass is 127. The lowest BCUT2D eigenvalue weighted by atomic mass is 10.3.